The van der Waals surface area contributed by atoms with Crippen LogP contribution in [0.4, 0.5) is 0 Å². The lowest BCUT2D eigenvalue weighted by molar-refractivity contribution is 0.0936. The molecule has 0 heterocycles. The normalized spacial score (nSPS) is 12.3. The minimum Gasteiger partial charge on any atom is -0.396 e. The second-order valence-corrected chi connectivity index (χ2v) is 4.41. The van der Waals surface area contributed by atoms with Gasteiger partial charge in [0.1, 0.15) is 0 Å². The summed E-state index contributed by atoms with van der Waals surface area (Å²) in [5.74, 6) is -0.0900. The third-order valence-corrected chi connectivity index (χ3v) is 2.97. The highest BCUT2D eigenvalue weighted by Gasteiger charge is 2.11. The molecule has 3 heteroatoms. The van der Waals surface area contributed by atoms with Crippen LogP contribution in [0, 0.1) is 0 Å². The summed E-state index contributed by atoms with van der Waals surface area (Å²) >= 11 is 0. The van der Waals surface area contributed by atoms with Crippen LogP contribution in [0.3, 0.4) is 0 Å². The van der Waals surface area contributed by atoms with Gasteiger partial charge in [0.05, 0.1) is 0 Å². The third-order valence-electron chi connectivity index (χ3n) is 2.97. The van der Waals surface area contributed by atoms with Crippen molar-refractivity contribution in [2.24, 2.45) is 0 Å². The monoisotopic (exact) mass is 243 g/mol. The molecule has 18 heavy (non-hydrogen) atoms. The number of rotatable bonds is 4. The van der Waals surface area contributed by atoms with E-state index in [9.17, 15) is 4.79 Å². The molecule has 2 N–H and O–H groups in total. The molecule has 0 spiro atoms. The van der Waals surface area contributed by atoms with Crippen LogP contribution < -0.4 is 5.32 Å². The predicted octanol–water partition coefficient (Wildman–Crippen LogP) is 2.34. The van der Waals surface area contributed by atoms with Gasteiger partial charge in [-0.1, -0.05) is 36.4 Å². The molecular formula is C15H17NO2. The second kappa shape index (κ2) is 5.65. The number of benzene rings is 2. The van der Waals surface area contributed by atoms with Gasteiger partial charge in [0, 0.05) is 18.2 Å². The fourth-order valence-electron chi connectivity index (χ4n) is 1.99. The fraction of sp³-hybridized carbons (Fsp3) is 0.267. The van der Waals surface area contributed by atoms with Gasteiger partial charge in [0.15, 0.2) is 0 Å². The van der Waals surface area contributed by atoms with Crippen LogP contribution in [-0.4, -0.2) is 23.7 Å². The van der Waals surface area contributed by atoms with Crippen LogP contribution in [-0.2, 0) is 0 Å². The number of hydrogen-bond acceptors (Lipinski definition) is 2. The molecule has 1 amide bonds. The molecule has 2 rings (SSSR count). The maximum Gasteiger partial charge on any atom is 0.252 e. The molecule has 0 aliphatic carbocycles. The highest BCUT2D eigenvalue weighted by molar-refractivity contribution is 6.07. The van der Waals surface area contributed by atoms with Crippen molar-refractivity contribution in [3.05, 3.63) is 48.0 Å². The first-order valence-electron chi connectivity index (χ1n) is 6.12. The first kappa shape index (κ1) is 12.6. The van der Waals surface area contributed by atoms with E-state index in [1.807, 2.05) is 49.4 Å². The summed E-state index contributed by atoms with van der Waals surface area (Å²) in [6.45, 7) is 1.97. The van der Waals surface area contributed by atoms with Gasteiger partial charge in [0.25, 0.3) is 5.91 Å². The Bertz CT molecular complexity index is 546. The number of carbonyl (C=O) groups excluding carboxylic acids is 1. The van der Waals surface area contributed by atoms with Gasteiger partial charge in [-0.05, 0) is 30.2 Å². The van der Waals surface area contributed by atoms with Crippen molar-refractivity contribution >= 4 is 16.7 Å². The smallest absolute Gasteiger partial charge is 0.252 e. The summed E-state index contributed by atoms with van der Waals surface area (Å²) in [6.07, 6.45) is 0.566. The Labute approximate surface area is 106 Å². The Morgan fingerprint density at radius 1 is 1.22 bits per heavy atom. The number of nitrogens with one attached hydrogen (secondary N) is 1. The van der Waals surface area contributed by atoms with Crippen LogP contribution >= 0.6 is 0 Å². The number of aliphatic hydroxyl groups excluding tert-OH is 1. The Hall–Kier alpha value is -1.87. The van der Waals surface area contributed by atoms with E-state index in [-0.39, 0.29) is 18.6 Å². The van der Waals surface area contributed by atoms with E-state index in [1.165, 1.54) is 0 Å². The summed E-state index contributed by atoms with van der Waals surface area (Å²) in [4.78, 5) is 12.2. The van der Waals surface area contributed by atoms with E-state index in [4.69, 9.17) is 5.11 Å². The van der Waals surface area contributed by atoms with Crippen molar-refractivity contribution < 1.29 is 9.90 Å². The summed E-state index contributed by atoms with van der Waals surface area (Å²) in [5, 5.41) is 13.7. The van der Waals surface area contributed by atoms with Gasteiger partial charge in [-0.15, -0.1) is 0 Å². The zero-order chi connectivity index (χ0) is 13.0. The average molecular weight is 243 g/mol. The van der Waals surface area contributed by atoms with E-state index < -0.39 is 0 Å². The lowest BCUT2D eigenvalue weighted by Gasteiger charge is -2.13. The summed E-state index contributed by atoms with van der Waals surface area (Å²) in [7, 11) is 0. The fourth-order valence-corrected chi connectivity index (χ4v) is 1.99. The topological polar surface area (TPSA) is 49.3 Å². The third kappa shape index (κ3) is 2.68. The van der Waals surface area contributed by atoms with Gasteiger partial charge < -0.3 is 10.4 Å². The van der Waals surface area contributed by atoms with E-state index in [2.05, 4.69) is 5.32 Å². The van der Waals surface area contributed by atoms with E-state index in [0.717, 1.165) is 10.8 Å². The number of aliphatic hydroxyl groups is 1. The first-order chi connectivity index (χ1) is 8.72. The number of fused-ring (bicyclic) bond motifs is 1. The molecule has 94 valence electrons. The van der Waals surface area contributed by atoms with Crippen LogP contribution in [0.1, 0.15) is 23.7 Å². The molecule has 0 fully saturated rings. The van der Waals surface area contributed by atoms with Gasteiger partial charge in [-0.3, -0.25) is 4.79 Å². The largest absolute Gasteiger partial charge is 0.396 e. The van der Waals surface area contributed by atoms with Crippen molar-refractivity contribution in [1.82, 2.24) is 5.32 Å². The second-order valence-electron chi connectivity index (χ2n) is 4.41. The van der Waals surface area contributed by atoms with Crippen LogP contribution in [0.2, 0.25) is 0 Å². The SMILES string of the molecule is CC(CCO)NC(=O)c1cccc2ccccc12. The molecule has 0 aliphatic rings. The van der Waals surface area contributed by atoms with Crippen molar-refractivity contribution in [3.8, 4) is 0 Å². The highest BCUT2D eigenvalue weighted by Crippen LogP contribution is 2.18. The molecule has 0 radical (unpaired) electrons. The van der Waals surface area contributed by atoms with Gasteiger partial charge in [-0.2, -0.15) is 0 Å². The molecular weight excluding hydrogens is 226 g/mol. The first-order valence-corrected chi connectivity index (χ1v) is 6.12. The standard InChI is InChI=1S/C15H17NO2/c1-11(9-10-17)16-15(18)14-8-4-6-12-5-2-3-7-13(12)14/h2-8,11,17H,9-10H2,1H3,(H,16,18). The zero-order valence-corrected chi connectivity index (χ0v) is 10.4. The van der Waals surface area contributed by atoms with Crippen LogP contribution in [0.25, 0.3) is 10.8 Å². The maximum absolute atomic E-state index is 12.2. The summed E-state index contributed by atoms with van der Waals surface area (Å²) in [6, 6.07) is 13.5. The molecule has 2 aromatic carbocycles. The van der Waals surface area contributed by atoms with Crippen molar-refractivity contribution in [2.75, 3.05) is 6.61 Å². The molecule has 1 atom stereocenters. The molecule has 0 saturated heterocycles. The molecule has 2 aromatic rings. The lowest BCUT2D eigenvalue weighted by Crippen LogP contribution is -2.33. The Morgan fingerprint density at radius 3 is 2.72 bits per heavy atom. The van der Waals surface area contributed by atoms with Gasteiger partial charge in [0.2, 0.25) is 0 Å². The predicted molar refractivity (Wildman–Crippen MR) is 72.6 cm³/mol. The number of hydrogen-bond donors (Lipinski definition) is 2. The van der Waals surface area contributed by atoms with E-state index in [0.29, 0.717) is 12.0 Å². The van der Waals surface area contributed by atoms with E-state index >= 15 is 0 Å². The van der Waals surface area contributed by atoms with Gasteiger partial charge >= 0.3 is 0 Å². The summed E-state index contributed by atoms with van der Waals surface area (Å²) in [5.41, 5.74) is 0.679. The average Bonchev–Trinajstić information content (AvgIpc) is 2.38. The van der Waals surface area contributed by atoms with Crippen molar-refractivity contribution in [1.29, 1.82) is 0 Å². The summed E-state index contributed by atoms with van der Waals surface area (Å²) < 4.78 is 0. The number of carbonyl (C=O) groups is 1. The molecule has 0 aliphatic heterocycles. The van der Waals surface area contributed by atoms with E-state index in [1.54, 1.807) is 0 Å². The molecule has 1 unspecified atom stereocenters. The van der Waals surface area contributed by atoms with Crippen LogP contribution in [0.5, 0.6) is 0 Å². The van der Waals surface area contributed by atoms with Crippen LogP contribution in [0.15, 0.2) is 42.5 Å². The Balaban J connectivity index is 2.28. The van der Waals surface area contributed by atoms with Crippen molar-refractivity contribution in [2.45, 2.75) is 19.4 Å². The minimum absolute atomic E-state index is 0.0264. The lowest BCUT2D eigenvalue weighted by atomic mass is 10.0. The highest BCUT2D eigenvalue weighted by atomic mass is 16.3. The molecule has 3 nitrogen and oxygen atoms in total. The minimum atomic E-state index is -0.0900. The zero-order valence-electron chi connectivity index (χ0n) is 10.4. The quantitative estimate of drug-likeness (QED) is 0.866. The molecule has 0 aromatic heterocycles. The molecule has 0 saturated carbocycles. The van der Waals surface area contributed by atoms with Gasteiger partial charge in [-0.25, -0.2) is 0 Å². The molecule has 0 bridgehead atoms. The Kier molecular flexibility index (Phi) is 3.95. The van der Waals surface area contributed by atoms with Crippen molar-refractivity contribution in [3.63, 3.8) is 0 Å². The Morgan fingerprint density at radius 2 is 1.94 bits per heavy atom. The maximum atomic E-state index is 12.2. The number of amides is 1.